The van der Waals surface area contributed by atoms with Crippen molar-refractivity contribution in [3.63, 3.8) is 0 Å². The van der Waals surface area contributed by atoms with Crippen molar-refractivity contribution in [2.45, 2.75) is 18.5 Å². The molecule has 2 heterocycles. The van der Waals surface area contributed by atoms with Gasteiger partial charge in [-0.25, -0.2) is 8.78 Å². The van der Waals surface area contributed by atoms with Crippen LogP contribution in [0.3, 0.4) is 0 Å². The highest BCUT2D eigenvalue weighted by molar-refractivity contribution is 6.35. The van der Waals surface area contributed by atoms with Crippen molar-refractivity contribution in [3.8, 4) is 0 Å². The summed E-state index contributed by atoms with van der Waals surface area (Å²) in [6.45, 7) is 0. The van der Waals surface area contributed by atoms with E-state index in [1.54, 1.807) is 18.2 Å². The van der Waals surface area contributed by atoms with E-state index in [1.165, 1.54) is 0 Å². The zero-order chi connectivity index (χ0) is 18.6. The Morgan fingerprint density at radius 2 is 1.88 bits per heavy atom. The lowest BCUT2D eigenvalue weighted by Gasteiger charge is -2.30. The fraction of sp³-hybridized carbons (Fsp3) is 0.167. The third-order valence-electron chi connectivity index (χ3n) is 4.62. The molecule has 2 atom stereocenters. The van der Waals surface area contributed by atoms with Crippen molar-refractivity contribution >= 4 is 40.1 Å². The van der Waals surface area contributed by atoms with Gasteiger partial charge in [0, 0.05) is 39.1 Å². The van der Waals surface area contributed by atoms with Gasteiger partial charge < -0.3 is 10.1 Å². The number of rotatable bonds is 2. The summed E-state index contributed by atoms with van der Waals surface area (Å²) in [4.78, 5) is 14.7. The minimum absolute atomic E-state index is 0.136. The molecule has 4 nitrogen and oxygen atoms in total. The average molecular weight is 397 g/mol. The molecule has 1 aliphatic rings. The van der Waals surface area contributed by atoms with Crippen LogP contribution in [0.5, 0.6) is 0 Å². The minimum Gasteiger partial charge on any atom is -0.480 e. The van der Waals surface area contributed by atoms with Crippen molar-refractivity contribution in [1.29, 1.82) is 0 Å². The molecular weight excluding hydrogens is 385 g/mol. The first-order valence-corrected chi connectivity index (χ1v) is 8.54. The number of nitrogens with one attached hydrogen (secondary N) is 2. The number of hydrogen-bond donors (Lipinski definition) is 3. The number of carboxylic acids is 1. The van der Waals surface area contributed by atoms with Gasteiger partial charge in [-0.2, -0.15) is 0 Å². The Morgan fingerprint density at radius 3 is 2.58 bits per heavy atom. The maximum absolute atomic E-state index is 13.7. The van der Waals surface area contributed by atoms with Gasteiger partial charge in [0.15, 0.2) is 11.6 Å². The van der Waals surface area contributed by atoms with Gasteiger partial charge in [-0.15, -0.1) is 0 Å². The number of fused-ring (bicyclic) bond motifs is 3. The summed E-state index contributed by atoms with van der Waals surface area (Å²) < 4.78 is 27.3. The molecule has 0 spiro atoms. The normalized spacial score (nSPS) is 19.5. The maximum atomic E-state index is 13.7. The first-order valence-electron chi connectivity index (χ1n) is 7.78. The van der Waals surface area contributed by atoms with Crippen LogP contribution in [-0.4, -0.2) is 22.1 Å². The van der Waals surface area contributed by atoms with Crippen LogP contribution in [0.2, 0.25) is 10.0 Å². The number of aromatic nitrogens is 1. The maximum Gasteiger partial charge on any atom is 0.321 e. The van der Waals surface area contributed by atoms with Crippen LogP contribution >= 0.6 is 23.2 Å². The molecule has 3 aromatic rings. The number of aliphatic carboxylic acids is 1. The predicted octanol–water partition coefficient (Wildman–Crippen LogP) is 4.44. The molecule has 0 fully saturated rings. The summed E-state index contributed by atoms with van der Waals surface area (Å²) in [6, 6.07) is 5.59. The Morgan fingerprint density at radius 1 is 1.15 bits per heavy atom. The standard InChI is InChI=1S/C18H12Cl2F2N2O2/c19-7-1-2-8(11(20)3-7)16-17-10(5-15(24-16)18(25)26)9-4-12(21)13(22)6-14(9)23-17/h1-4,6,15-16,23-24H,5H2,(H,25,26). The fourth-order valence-electron chi connectivity index (χ4n) is 3.42. The summed E-state index contributed by atoms with van der Waals surface area (Å²) in [6.07, 6.45) is 0.136. The van der Waals surface area contributed by atoms with Gasteiger partial charge in [0.2, 0.25) is 0 Å². The van der Waals surface area contributed by atoms with E-state index in [2.05, 4.69) is 10.3 Å². The molecule has 3 N–H and O–H groups in total. The van der Waals surface area contributed by atoms with Gasteiger partial charge in [0.25, 0.3) is 0 Å². The van der Waals surface area contributed by atoms with Crippen LogP contribution in [0.15, 0.2) is 30.3 Å². The second-order valence-corrected chi connectivity index (χ2v) is 7.03. The average Bonchev–Trinajstić information content (AvgIpc) is 2.92. The van der Waals surface area contributed by atoms with Crippen molar-refractivity contribution in [1.82, 2.24) is 10.3 Å². The second kappa shape index (κ2) is 6.23. The number of H-pyrrole nitrogens is 1. The molecule has 2 unspecified atom stereocenters. The number of benzene rings is 2. The zero-order valence-corrected chi connectivity index (χ0v) is 14.6. The zero-order valence-electron chi connectivity index (χ0n) is 13.1. The molecule has 0 saturated heterocycles. The second-order valence-electron chi connectivity index (χ2n) is 6.19. The monoisotopic (exact) mass is 396 g/mol. The lowest BCUT2D eigenvalue weighted by atomic mass is 9.90. The number of aromatic amines is 1. The minimum atomic E-state index is -1.04. The molecule has 0 bridgehead atoms. The number of hydrogen-bond acceptors (Lipinski definition) is 2. The molecule has 0 aliphatic carbocycles. The quantitative estimate of drug-likeness (QED) is 0.599. The predicted molar refractivity (Wildman–Crippen MR) is 94.8 cm³/mol. The molecule has 26 heavy (non-hydrogen) atoms. The van der Waals surface area contributed by atoms with Crippen LogP contribution in [0.4, 0.5) is 8.78 Å². The molecule has 8 heteroatoms. The van der Waals surface area contributed by atoms with Gasteiger partial charge in [0.1, 0.15) is 6.04 Å². The number of carboxylic acid groups (broad SMARTS) is 1. The SMILES string of the molecule is O=C(O)C1Cc2c([nH]c3cc(F)c(F)cc23)C(c2ccc(Cl)cc2Cl)N1. The highest BCUT2D eigenvalue weighted by Crippen LogP contribution is 2.38. The molecule has 134 valence electrons. The summed E-state index contributed by atoms with van der Waals surface area (Å²) in [5, 5.41) is 13.8. The third kappa shape index (κ3) is 2.74. The third-order valence-corrected chi connectivity index (χ3v) is 5.18. The van der Waals surface area contributed by atoms with Crippen molar-refractivity contribution < 1.29 is 18.7 Å². The van der Waals surface area contributed by atoms with E-state index in [1.807, 2.05) is 0 Å². The Hall–Kier alpha value is -2.15. The first-order chi connectivity index (χ1) is 12.3. The van der Waals surface area contributed by atoms with Gasteiger partial charge >= 0.3 is 5.97 Å². The van der Waals surface area contributed by atoms with Gasteiger partial charge in [-0.1, -0.05) is 29.3 Å². The highest BCUT2D eigenvalue weighted by atomic mass is 35.5. The highest BCUT2D eigenvalue weighted by Gasteiger charge is 2.35. The lowest BCUT2D eigenvalue weighted by molar-refractivity contribution is -0.139. The van der Waals surface area contributed by atoms with E-state index < -0.39 is 29.7 Å². The fourth-order valence-corrected chi connectivity index (χ4v) is 3.94. The van der Waals surface area contributed by atoms with E-state index >= 15 is 0 Å². The Labute approximate surface area is 156 Å². The molecule has 0 saturated carbocycles. The summed E-state index contributed by atoms with van der Waals surface area (Å²) in [5.74, 6) is -2.99. The van der Waals surface area contributed by atoms with Gasteiger partial charge in [-0.05, 0) is 29.3 Å². The molecule has 1 aromatic heterocycles. The summed E-state index contributed by atoms with van der Waals surface area (Å²) in [5.41, 5.74) is 2.28. The molecule has 0 radical (unpaired) electrons. The molecule has 2 aromatic carbocycles. The first kappa shape index (κ1) is 17.3. The Bertz CT molecular complexity index is 1050. The molecule has 0 amide bonds. The van der Waals surface area contributed by atoms with Gasteiger partial charge in [-0.3, -0.25) is 10.1 Å². The Kier molecular flexibility index (Phi) is 4.14. The van der Waals surface area contributed by atoms with Crippen molar-refractivity contribution in [2.24, 2.45) is 0 Å². The largest absolute Gasteiger partial charge is 0.480 e. The number of carbonyl (C=O) groups is 1. The van der Waals surface area contributed by atoms with E-state index in [-0.39, 0.29) is 6.42 Å². The molecular formula is C18H12Cl2F2N2O2. The summed E-state index contributed by atoms with van der Waals surface area (Å²) >= 11 is 12.2. The van der Waals surface area contributed by atoms with E-state index in [0.717, 1.165) is 12.1 Å². The number of halogens is 4. The molecule has 4 rings (SSSR count). The molecule has 1 aliphatic heterocycles. The summed E-state index contributed by atoms with van der Waals surface area (Å²) in [7, 11) is 0. The van der Waals surface area contributed by atoms with E-state index in [0.29, 0.717) is 37.8 Å². The van der Waals surface area contributed by atoms with Gasteiger partial charge in [0.05, 0.1) is 6.04 Å². The topological polar surface area (TPSA) is 65.1 Å². The lowest BCUT2D eigenvalue weighted by Crippen LogP contribution is -2.45. The van der Waals surface area contributed by atoms with E-state index in [9.17, 15) is 18.7 Å². The van der Waals surface area contributed by atoms with Crippen LogP contribution in [0.1, 0.15) is 22.9 Å². The van der Waals surface area contributed by atoms with Crippen LogP contribution in [0, 0.1) is 11.6 Å². The van der Waals surface area contributed by atoms with E-state index in [4.69, 9.17) is 23.2 Å². The smallest absolute Gasteiger partial charge is 0.321 e. The Balaban J connectivity index is 1.95. The van der Waals surface area contributed by atoms with Crippen molar-refractivity contribution in [3.05, 3.63) is 68.8 Å². The van der Waals surface area contributed by atoms with Crippen LogP contribution in [-0.2, 0) is 11.2 Å². The van der Waals surface area contributed by atoms with Crippen LogP contribution < -0.4 is 5.32 Å². The van der Waals surface area contributed by atoms with Crippen molar-refractivity contribution in [2.75, 3.05) is 0 Å². The van der Waals surface area contributed by atoms with Crippen LogP contribution in [0.25, 0.3) is 10.9 Å².